The van der Waals surface area contributed by atoms with Gasteiger partial charge in [-0.15, -0.1) is 0 Å². The second-order valence-electron chi connectivity index (χ2n) is 6.40. The van der Waals surface area contributed by atoms with Crippen molar-refractivity contribution >= 4 is 5.96 Å². The lowest BCUT2D eigenvalue weighted by molar-refractivity contribution is 0.159. The lowest BCUT2D eigenvalue weighted by Crippen LogP contribution is -2.41. The third kappa shape index (κ3) is 5.86. The smallest absolute Gasteiger partial charge is 0.191 e. The van der Waals surface area contributed by atoms with Crippen molar-refractivity contribution in [3.8, 4) is 6.07 Å². The number of hydrogen-bond donors (Lipinski definition) is 2. The molecule has 0 saturated carbocycles. The van der Waals surface area contributed by atoms with E-state index >= 15 is 0 Å². The summed E-state index contributed by atoms with van der Waals surface area (Å²) in [5.74, 6) is 0.825. The van der Waals surface area contributed by atoms with Gasteiger partial charge in [-0.1, -0.05) is 18.6 Å². The number of likely N-dealkylation sites (tertiary alicyclic amines) is 1. The van der Waals surface area contributed by atoms with Gasteiger partial charge < -0.3 is 15.5 Å². The molecule has 130 valence electrons. The molecule has 0 spiro atoms. The highest BCUT2D eigenvalue weighted by Crippen LogP contribution is 2.16. The summed E-state index contributed by atoms with van der Waals surface area (Å²) in [4.78, 5) is 6.86. The van der Waals surface area contributed by atoms with Crippen LogP contribution in [0.15, 0.2) is 29.3 Å². The first-order valence-corrected chi connectivity index (χ1v) is 8.90. The summed E-state index contributed by atoms with van der Waals surface area (Å²) in [6.07, 6.45) is 5.18. The van der Waals surface area contributed by atoms with Gasteiger partial charge in [-0.05, 0) is 50.4 Å². The Morgan fingerprint density at radius 3 is 2.75 bits per heavy atom. The van der Waals surface area contributed by atoms with Gasteiger partial charge >= 0.3 is 0 Å². The Balaban J connectivity index is 1.65. The van der Waals surface area contributed by atoms with Crippen molar-refractivity contribution in [2.75, 3.05) is 26.7 Å². The van der Waals surface area contributed by atoms with Crippen molar-refractivity contribution in [3.05, 3.63) is 35.4 Å². The summed E-state index contributed by atoms with van der Waals surface area (Å²) >= 11 is 0. The number of nitrogens with one attached hydrogen (secondary N) is 2. The first-order valence-electron chi connectivity index (χ1n) is 8.90. The van der Waals surface area contributed by atoms with E-state index < -0.39 is 0 Å². The fraction of sp³-hybridized carbons (Fsp3) is 0.579. The molecule has 5 heteroatoms. The molecular formula is C19H29N5. The van der Waals surface area contributed by atoms with Gasteiger partial charge in [-0.3, -0.25) is 4.99 Å². The Hall–Kier alpha value is -2.06. The number of benzene rings is 1. The van der Waals surface area contributed by atoms with Crippen LogP contribution in [0.3, 0.4) is 0 Å². The van der Waals surface area contributed by atoms with Crippen molar-refractivity contribution in [3.63, 3.8) is 0 Å². The molecule has 0 radical (unpaired) electrons. The van der Waals surface area contributed by atoms with Gasteiger partial charge in [0.25, 0.3) is 0 Å². The zero-order valence-electron chi connectivity index (χ0n) is 14.9. The van der Waals surface area contributed by atoms with Crippen molar-refractivity contribution in [1.82, 2.24) is 15.5 Å². The van der Waals surface area contributed by atoms with Crippen LogP contribution in [0.2, 0.25) is 0 Å². The van der Waals surface area contributed by atoms with E-state index in [1.54, 1.807) is 7.05 Å². The van der Waals surface area contributed by atoms with Crippen LogP contribution in [0.1, 0.15) is 43.7 Å². The minimum absolute atomic E-state index is 0.688. The van der Waals surface area contributed by atoms with Crippen LogP contribution in [0.4, 0.5) is 0 Å². The number of nitriles is 1. The van der Waals surface area contributed by atoms with Crippen LogP contribution in [-0.4, -0.2) is 43.6 Å². The van der Waals surface area contributed by atoms with E-state index in [1.807, 2.05) is 24.3 Å². The minimum atomic E-state index is 0.688. The average Bonchev–Trinajstić information content (AvgIpc) is 2.63. The monoisotopic (exact) mass is 327 g/mol. The number of aliphatic imine (C=N–C) groups is 1. The summed E-state index contributed by atoms with van der Waals surface area (Å²) in [7, 11) is 1.79. The highest BCUT2D eigenvalue weighted by Gasteiger charge is 2.17. The summed E-state index contributed by atoms with van der Waals surface area (Å²) < 4.78 is 0. The predicted molar refractivity (Wildman–Crippen MR) is 98.9 cm³/mol. The molecule has 1 aromatic rings. The fourth-order valence-corrected chi connectivity index (χ4v) is 3.08. The van der Waals surface area contributed by atoms with E-state index in [1.165, 1.54) is 25.8 Å². The number of hydrogen-bond acceptors (Lipinski definition) is 3. The highest BCUT2D eigenvalue weighted by atomic mass is 15.2. The lowest BCUT2D eigenvalue weighted by atomic mass is 10.0. The van der Waals surface area contributed by atoms with Crippen molar-refractivity contribution < 1.29 is 0 Å². The van der Waals surface area contributed by atoms with E-state index in [-0.39, 0.29) is 0 Å². The second kappa shape index (κ2) is 9.94. The van der Waals surface area contributed by atoms with Gasteiger partial charge in [0, 0.05) is 32.7 Å². The van der Waals surface area contributed by atoms with Crippen LogP contribution in [0.25, 0.3) is 0 Å². The maximum atomic E-state index is 8.82. The number of rotatable bonds is 6. The summed E-state index contributed by atoms with van der Waals surface area (Å²) in [6, 6.07) is 10.5. The van der Waals surface area contributed by atoms with Crippen LogP contribution in [-0.2, 0) is 6.54 Å². The van der Waals surface area contributed by atoms with E-state index in [0.29, 0.717) is 12.1 Å². The Bertz CT molecular complexity index is 558. The zero-order chi connectivity index (χ0) is 17.2. The predicted octanol–water partition coefficient (Wildman–Crippen LogP) is 2.49. The molecule has 1 saturated heterocycles. The maximum Gasteiger partial charge on any atom is 0.191 e. The van der Waals surface area contributed by atoms with Crippen molar-refractivity contribution in [1.29, 1.82) is 5.26 Å². The van der Waals surface area contributed by atoms with E-state index in [0.717, 1.165) is 37.1 Å². The van der Waals surface area contributed by atoms with Gasteiger partial charge in [0.15, 0.2) is 5.96 Å². The molecular weight excluding hydrogens is 298 g/mol. The molecule has 1 heterocycles. The lowest BCUT2D eigenvalue weighted by Gasteiger charge is -2.33. The summed E-state index contributed by atoms with van der Waals surface area (Å²) in [5.41, 5.74) is 1.83. The maximum absolute atomic E-state index is 8.82. The van der Waals surface area contributed by atoms with Gasteiger partial charge in [0.1, 0.15) is 0 Å². The topological polar surface area (TPSA) is 63.5 Å². The average molecular weight is 327 g/mol. The Morgan fingerprint density at radius 2 is 2.08 bits per heavy atom. The van der Waals surface area contributed by atoms with E-state index in [9.17, 15) is 0 Å². The van der Waals surface area contributed by atoms with Crippen LogP contribution >= 0.6 is 0 Å². The molecule has 0 amide bonds. The van der Waals surface area contributed by atoms with Crippen LogP contribution in [0.5, 0.6) is 0 Å². The van der Waals surface area contributed by atoms with Gasteiger partial charge in [-0.2, -0.15) is 5.26 Å². The fourth-order valence-electron chi connectivity index (χ4n) is 3.08. The molecule has 0 aliphatic carbocycles. The van der Waals surface area contributed by atoms with Gasteiger partial charge in [-0.25, -0.2) is 0 Å². The second-order valence-corrected chi connectivity index (χ2v) is 6.40. The normalized spacial score (nSPS) is 18.9. The standard InChI is InChI=1S/C19H29N5/c1-16-6-3-4-12-24(16)13-5-11-22-19(21-2)23-15-18-9-7-17(14-20)8-10-18/h7-10,16H,3-6,11-13,15H2,1-2H3,(H2,21,22,23). The quantitative estimate of drug-likeness (QED) is 0.479. The van der Waals surface area contributed by atoms with Crippen molar-refractivity contribution in [2.45, 2.75) is 45.2 Å². The molecule has 2 N–H and O–H groups in total. The molecule has 5 nitrogen and oxygen atoms in total. The first-order chi connectivity index (χ1) is 11.7. The summed E-state index contributed by atoms with van der Waals surface area (Å²) in [5, 5.41) is 15.5. The Kier molecular flexibility index (Phi) is 7.57. The molecule has 1 aliphatic rings. The van der Waals surface area contributed by atoms with E-state index in [2.05, 4.69) is 33.5 Å². The molecule has 1 aromatic carbocycles. The number of nitrogens with zero attached hydrogens (tertiary/aromatic N) is 3. The molecule has 1 atom stereocenters. The van der Waals surface area contributed by atoms with E-state index in [4.69, 9.17) is 5.26 Å². The largest absolute Gasteiger partial charge is 0.356 e. The third-order valence-corrected chi connectivity index (χ3v) is 4.62. The van der Waals surface area contributed by atoms with Gasteiger partial charge in [0.05, 0.1) is 11.6 Å². The third-order valence-electron chi connectivity index (χ3n) is 4.62. The minimum Gasteiger partial charge on any atom is -0.356 e. The molecule has 2 rings (SSSR count). The Morgan fingerprint density at radius 1 is 1.29 bits per heavy atom. The van der Waals surface area contributed by atoms with Crippen LogP contribution < -0.4 is 10.6 Å². The molecule has 0 bridgehead atoms. The molecule has 1 unspecified atom stereocenters. The first kappa shape index (κ1) is 18.3. The van der Waals surface area contributed by atoms with Crippen LogP contribution in [0, 0.1) is 11.3 Å². The zero-order valence-corrected chi connectivity index (χ0v) is 14.9. The number of guanidine groups is 1. The highest BCUT2D eigenvalue weighted by molar-refractivity contribution is 5.79. The SMILES string of the molecule is CN=C(NCCCN1CCCCC1C)NCc1ccc(C#N)cc1. The summed E-state index contributed by atoms with van der Waals surface area (Å²) in [6.45, 7) is 6.36. The Labute approximate surface area is 145 Å². The van der Waals surface area contributed by atoms with Gasteiger partial charge in [0.2, 0.25) is 0 Å². The molecule has 1 fully saturated rings. The number of piperidine rings is 1. The molecule has 0 aromatic heterocycles. The molecule has 24 heavy (non-hydrogen) atoms. The van der Waals surface area contributed by atoms with Crippen molar-refractivity contribution in [2.24, 2.45) is 4.99 Å². The molecule has 1 aliphatic heterocycles.